The number of halogens is 1. The summed E-state index contributed by atoms with van der Waals surface area (Å²) in [6.07, 6.45) is 2.85. The van der Waals surface area contributed by atoms with Crippen molar-refractivity contribution in [2.75, 3.05) is 11.4 Å². The molecule has 136 valence electrons. The van der Waals surface area contributed by atoms with Crippen molar-refractivity contribution in [3.63, 3.8) is 0 Å². The standard InChI is InChI=1S/C18H20ClN5OS/c1-11(2)17-20-16(23-25-17)14-4-3-9-24(14)18-22-21-15(26-18)10-12-5-7-13(19)8-6-12/h5-8,11,14H,3-4,9-10H2,1-2H3. The van der Waals surface area contributed by atoms with Crippen molar-refractivity contribution in [3.8, 4) is 0 Å². The molecule has 0 amide bonds. The highest BCUT2D eigenvalue weighted by atomic mass is 35.5. The molecule has 0 saturated carbocycles. The average molecular weight is 390 g/mol. The summed E-state index contributed by atoms with van der Waals surface area (Å²) in [6, 6.07) is 7.96. The third-order valence-corrected chi connectivity index (χ3v) is 5.69. The molecule has 1 unspecified atom stereocenters. The Kier molecular flexibility index (Phi) is 4.91. The topological polar surface area (TPSA) is 67.9 Å². The fourth-order valence-electron chi connectivity index (χ4n) is 3.09. The number of hydrogen-bond donors (Lipinski definition) is 0. The third-order valence-electron chi connectivity index (χ3n) is 4.47. The maximum absolute atomic E-state index is 5.95. The Hall–Kier alpha value is -1.99. The number of nitrogens with zero attached hydrogens (tertiary/aromatic N) is 5. The van der Waals surface area contributed by atoms with Crippen LogP contribution in [0.25, 0.3) is 0 Å². The first-order valence-electron chi connectivity index (χ1n) is 8.77. The molecule has 3 aromatic rings. The second-order valence-electron chi connectivity index (χ2n) is 6.78. The van der Waals surface area contributed by atoms with Gasteiger partial charge in [-0.2, -0.15) is 4.98 Å². The van der Waals surface area contributed by atoms with Gasteiger partial charge < -0.3 is 9.42 Å². The smallest absolute Gasteiger partial charge is 0.229 e. The van der Waals surface area contributed by atoms with Crippen LogP contribution in [0, 0.1) is 0 Å². The van der Waals surface area contributed by atoms with Crippen LogP contribution in [0.2, 0.25) is 5.02 Å². The Bertz CT molecular complexity index is 876. The van der Waals surface area contributed by atoms with E-state index in [-0.39, 0.29) is 12.0 Å². The second-order valence-corrected chi connectivity index (χ2v) is 8.26. The summed E-state index contributed by atoms with van der Waals surface area (Å²) in [5.74, 6) is 1.67. The zero-order chi connectivity index (χ0) is 18.1. The quantitative estimate of drug-likeness (QED) is 0.633. The molecule has 4 rings (SSSR count). The SMILES string of the molecule is CC(C)c1nc(C2CCCN2c2nnc(Cc3ccc(Cl)cc3)s2)no1. The van der Waals surface area contributed by atoms with Gasteiger partial charge in [-0.3, -0.25) is 0 Å². The number of benzene rings is 1. The molecule has 3 heterocycles. The highest BCUT2D eigenvalue weighted by Gasteiger charge is 2.32. The number of anilines is 1. The maximum atomic E-state index is 5.95. The molecule has 1 saturated heterocycles. The normalized spacial score (nSPS) is 17.4. The zero-order valence-electron chi connectivity index (χ0n) is 14.7. The van der Waals surface area contributed by atoms with Gasteiger partial charge in [0.25, 0.3) is 0 Å². The minimum absolute atomic E-state index is 0.114. The number of rotatable bonds is 5. The Labute approximate surface area is 161 Å². The zero-order valence-corrected chi connectivity index (χ0v) is 16.3. The summed E-state index contributed by atoms with van der Waals surface area (Å²) >= 11 is 7.57. The van der Waals surface area contributed by atoms with Gasteiger partial charge in [0.1, 0.15) is 5.01 Å². The van der Waals surface area contributed by atoms with Gasteiger partial charge in [0, 0.05) is 23.9 Å². The largest absolute Gasteiger partial charge is 0.339 e. The summed E-state index contributed by atoms with van der Waals surface area (Å²) in [6.45, 7) is 5.04. The first-order chi connectivity index (χ1) is 12.6. The first-order valence-corrected chi connectivity index (χ1v) is 9.96. The molecule has 1 aliphatic heterocycles. The Morgan fingerprint density at radius 1 is 1.27 bits per heavy atom. The van der Waals surface area contributed by atoms with E-state index in [1.807, 2.05) is 24.3 Å². The Morgan fingerprint density at radius 3 is 2.81 bits per heavy atom. The molecule has 8 heteroatoms. The van der Waals surface area contributed by atoms with Crippen molar-refractivity contribution < 1.29 is 4.52 Å². The van der Waals surface area contributed by atoms with Gasteiger partial charge in [0.05, 0.1) is 6.04 Å². The van der Waals surface area contributed by atoms with Gasteiger partial charge in [0.15, 0.2) is 5.82 Å². The third kappa shape index (κ3) is 3.59. The highest BCUT2D eigenvalue weighted by Crippen LogP contribution is 2.37. The van der Waals surface area contributed by atoms with Gasteiger partial charge in [0.2, 0.25) is 11.0 Å². The van der Waals surface area contributed by atoms with E-state index in [1.54, 1.807) is 11.3 Å². The Morgan fingerprint density at radius 2 is 2.08 bits per heavy atom. The van der Waals surface area contributed by atoms with Gasteiger partial charge >= 0.3 is 0 Å². The molecule has 0 N–H and O–H groups in total. The van der Waals surface area contributed by atoms with Crippen LogP contribution in [0.1, 0.15) is 60.9 Å². The highest BCUT2D eigenvalue weighted by molar-refractivity contribution is 7.15. The Balaban J connectivity index is 1.51. The van der Waals surface area contributed by atoms with E-state index >= 15 is 0 Å². The molecule has 1 aromatic carbocycles. The van der Waals surface area contributed by atoms with Crippen LogP contribution in [0.4, 0.5) is 5.13 Å². The average Bonchev–Trinajstić information content (AvgIpc) is 3.36. The van der Waals surface area contributed by atoms with Gasteiger partial charge in [-0.25, -0.2) is 0 Å². The molecular formula is C18H20ClN5OS. The summed E-state index contributed by atoms with van der Waals surface area (Å²) in [5.41, 5.74) is 1.18. The molecule has 0 aliphatic carbocycles. The van der Waals surface area contributed by atoms with Crippen molar-refractivity contribution in [2.45, 2.75) is 45.1 Å². The second kappa shape index (κ2) is 7.32. The minimum atomic E-state index is 0.114. The van der Waals surface area contributed by atoms with Crippen molar-refractivity contribution in [3.05, 3.63) is 51.6 Å². The summed E-state index contributed by atoms with van der Waals surface area (Å²) in [5, 5.41) is 15.6. The molecule has 0 spiro atoms. The van der Waals surface area contributed by atoms with Gasteiger partial charge in [-0.1, -0.05) is 54.1 Å². The van der Waals surface area contributed by atoms with Crippen LogP contribution in [-0.4, -0.2) is 26.9 Å². The van der Waals surface area contributed by atoms with E-state index in [0.29, 0.717) is 5.89 Å². The van der Waals surface area contributed by atoms with Crippen molar-refractivity contribution in [1.29, 1.82) is 0 Å². The summed E-state index contributed by atoms with van der Waals surface area (Å²) in [7, 11) is 0. The van der Waals surface area contributed by atoms with E-state index in [0.717, 1.165) is 46.8 Å². The summed E-state index contributed by atoms with van der Waals surface area (Å²) in [4.78, 5) is 6.82. The monoisotopic (exact) mass is 389 g/mol. The molecule has 0 bridgehead atoms. The van der Waals surface area contributed by atoms with Crippen LogP contribution in [0.5, 0.6) is 0 Å². The van der Waals surface area contributed by atoms with E-state index in [4.69, 9.17) is 16.1 Å². The van der Waals surface area contributed by atoms with Crippen molar-refractivity contribution >= 4 is 28.1 Å². The molecule has 6 nitrogen and oxygen atoms in total. The maximum Gasteiger partial charge on any atom is 0.229 e. The summed E-state index contributed by atoms with van der Waals surface area (Å²) < 4.78 is 5.39. The van der Waals surface area contributed by atoms with E-state index in [2.05, 4.69) is 39.1 Å². The molecule has 1 aliphatic rings. The van der Waals surface area contributed by atoms with E-state index < -0.39 is 0 Å². The van der Waals surface area contributed by atoms with Crippen molar-refractivity contribution in [2.24, 2.45) is 0 Å². The molecule has 26 heavy (non-hydrogen) atoms. The van der Waals surface area contributed by atoms with Crippen molar-refractivity contribution in [1.82, 2.24) is 20.3 Å². The predicted octanol–water partition coefficient (Wildman–Crippen LogP) is 4.63. The fraction of sp³-hybridized carbons (Fsp3) is 0.444. The predicted molar refractivity (Wildman–Crippen MR) is 102 cm³/mol. The minimum Gasteiger partial charge on any atom is -0.339 e. The first kappa shape index (κ1) is 17.4. The molecular weight excluding hydrogens is 370 g/mol. The van der Waals surface area contributed by atoms with Crippen LogP contribution in [0.15, 0.2) is 28.8 Å². The molecule has 1 fully saturated rings. The lowest BCUT2D eigenvalue weighted by atomic mass is 10.2. The lowest BCUT2D eigenvalue weighted by molar-refractivity contribution is 0.358. The molecule has 1 atom stereocenters. The van der Waals surface area contributed by atoms with Crippen LogP contribution >= 0.6 is 22.9 Å². The van der Waals surface area contributed by atoms with Gasteiger partial charge in [-0.05, 0) is 30.5 Å². The van der Waals surface area contributed by atoms with E-state index in [9.17, 15) is 0 Å². The van der Waals surface area contributed by atoms with E-state index in [1.165, 1.54) is 5.56 Å². The van der Waals surface area contributed by atoms with Crippen LogP contribution in [0.3, 0.4) is 0 Å². The number of hydrogen-bond acceptors (Lipinski definition) is 7. The lowest BCUT2D eigenvalue weighted by Gasteiger charge is -2.20. The molecule has 0 radical (unpaired) electrons. The van der Waals surface area contributed by atoms with Crippen LogP contribution < -0.4 is 4.90 Å². The van der Waals surface area contributed by atoms with Crippen LogP contribution in [-0.2, 0) is 6.42 Å². The number of aromatic nitrogens is 4. The lowest BCUT2D eigenvalue weighted by Crippen LogP contribution is -2.23. The van der Waals surface area contributed by atoms with Gasteiger partial charge in [-0.15, -0.1) is 10.2 Å². The fourth-order valence-corrected chi connectivity index (χ4v) is 4.16. The molecule has 2 aromatic heterocycles.